The average Bonchev–Trinajstić information content (AvgIpc) is 2.25. The standard InChI is InChI=1S/C13H29NO/c1-4-7-8-9-10-11-13(14-5-2)12-15-6-3/h13-14H,4-12H2,1-3H3. The lowest BCUT2D eigenvalue weighted by Crippen LogP contribution is -2.33. The maximum Gasteiger partial charge on any atom is 0.0619 e. The lowest BCUT2D eigenvalue weighted by atomic mass is 10.1. The summed E-state index contributed by atoms with van der Waals surface area (Å²) in [6, 6.07) is 0.566. The molecule has 2 heteroatoms. The molecule has 0 aromatic heterocycles. The van der Waals surface area contributed by atoms with E-state index in [9.17, 15) is 0 Å². The normalized spacial score (nSPS) is 13.0. The molecule has 0 aliphatic rings. The van der Waals surface area contributed by atoms with Crippen LogP contribution < -0.4 is 5.32 Å². The zero-order valence-corrected chi connectivity index (χ0v) is 10.8. The number of ether oxygens (including phenoxy) is 1. The van der Waals surface area contributed by atoms with Crippen molar-refractivity contribution in [3.05, 3.63) is 0 Å². The van der Waals surface area contributed by atoms with Crippen molar-refractivity contribution in [2.45, 2.75) is 65.3 Å². The van der Waals surface area contributed by atoms with E-state index in [1.165, 1.54) is 38.5 Å². The molecule has 2 nitrogen and oxygen atoms in total. The van der Waals surface area contributed by atoms with E-state index in [2.05, 4.69) is 26.1 Å². The highest BCUT2D eigenvalue weighted by molar-refractivity contribution is 4.65. The van der Waals surface area contributed by atoms with E-state index < -0.39 is 0 Å². The third-order valence-corrected chi connectivity index (χ3v) is 2.67. The number of unbranched alkanes of at least 4 members (excludes halogenated alkanes) is 4. The Morgan fingerprint density at radius 1 is 1.00 bits per heavy atom. The van der Waals surface area contributed by atoms with Crippen molar-refractivity contribution < 1.29 is 4.74 Å². The number of hydrogen-bond acceptors (Lipinski definition) is 2. The first kappa shape index (κ1) is 14.9. The number of nitrogens with one attached hydrogen (secondary N) is 1. The topological polar surface area (TPSA) is 21.3 Å². The lowest BCUT2D eigenvalue weighted by Gasteiger charge is -2.17. The van der Waals surface area contributed by atoms with Crippen LogP contribution in [-0.4, -0.2) is 25.8 Å². The fraction of sp³-hybridized carbons (Fsp3) is 1.00. The van der Waals surface area contributed by atoms with Gasteiger partial charge in [0.1, 0.15) is 0 Å². The first-order valence-corrected chi connectivity index (χ1v) is 6.66. The Balaban J connectivity index is 3.38. The highest BCUT2D eigenvalue weighted by atomic mass is 16.5. The van der Waals surface area contributed by atoms with Gasteiger partial charge in [0.2, 0.25) is 0 Å². The summed E-state index contributed by atoms with van der Waals surface area (Å²) in [6.45, 7) is 9.24. The largest absolute Gasteiger partial charge is 0.380 e. The molecular weight excluding hydrogens is 186 g/mol. The third-order valence-electron chi connectivity index (χ3n) is 2.67. The van der Waals surface area contributed by atoms with E-state index in [4.69, 9.17) is 4.74 Å². The van der Waals surface area contributed by atoms with Crippen molar-refractivity contribution in [3.8, 4) is 0 Å². The molecule has 0 amide bonds. The Hall–Kier alpha value is -0.0800. The van der Waals surface area contributed by atoms with Crippen LogP contribution >= 0.6 is 0 Å². The Bertz CT molecular complexity index is 117. The van der Waals surface area contributed by atoms with Gasteiger partial charge < -0.3 is 10.1 Å². The number of hydrogen-bond donors (Lipinski definition) is 1. The minimum absolute atomic E-state index is 0.566. The minimum Gasteiger partial charge on any atom is -0.380 e. The Morgan fingerprint density at radius 3 is 2.33 bits per heavy atom. The molecule has 0 saturated carbocycles. The summed E-state index contributed by atoms with van der Waals surface area (Å²) >= 11 is 0. The van der Waals surface area contributed by atoms with E-state index in [1.807, 2.05) is 0 Å². The molecule has 1 atom stereocenters. The molecule has 15 heavy (non-hydrogen) atoms. The van der Waals surface area contributed by atoms with E-state index in [1.54, 1.807) is 0 Å². The van der Waals surface area contributed by atoms with Gasteiger partial charge >= 0.3 is 0 Å². The molecule has 0 rings (SSSR count). The minimum atomic E-state index is 0.566. The Morgan fingerprint density at radius 2 is 1.73 bits per heavy atom. The van der Waals surface area contributed by atoms with Crippen molar-refractivity contribution >= 4 is 0 Å². The van der Waals surface area contributed by atoms with Crippen molar-refractivity contribution in [2.24, 2.45) is 0 Å². The van der Waals surface area contributed by atoms with Gasteiger partial charge in [0.25, 0.3) is 0 Å². The zero-order valence-electron chi connectivity index (χ0n) is 10.8. The predicted molar refractivity (Wildman–Crippen MR) is 67.3 cm³/mol. The highest BCUT2D eigenvalue weighted by Gasteiger charge is 2.05. The van der Waals surface area contributed by atoms with Crippen LogP contribution in [0.4, 0.5) is 0 Å². The van der Waals surface area contributed by atoms with Crippen LogP contribution in [-0.2, 0) is 4.74 Å². The number of rotatable bonds is 11. The van der Waals surface area contributed by atoms with Crippen molar-refractivity contribution in [1.82, 2.24) is 5.32 Å². The Labute approximate surface area is 95.8 Å². The van der Waals surface area contributed by atoms with Crippen LogP contribution in [0.25, 0.3) is 0 Å². The Kier molecular flexibility index (Phi) is 11.9. The summed E-state index contributed by atoms with van der Waals surface area (Å²) in [5, 5.41) is 3.48. The van der Waals surface area contributed by atoms with Gasteiger partial charge in [-0.2, -0.15) is 0 Å². The lowest BCUT2D eigenvalue weighted by molar-refractivity contribution is 0.119. The molecule has 92 valence electrons. The molecule has 1 N–H and O–H groups in total. The molecule has 0 aliphatic carbocycles. The smallest absolute Gasteiger partial charge is 0.0619 e. The molecule has 0 heterocycles. The summed E-state index contributed by atoms with van der Waals surface area (Å²) in [7, 11) is 0. The van der Waals surface area contributed by atoms with Gasteiger partial charge in [-0.3, -0.25) is 0 Å². The second kappa shape index (κ2) is 12.0. The van der Waals surface area contributed by atoms with Gasteiger partial charge in [0.15, 0.2) is 0 Å². The molecule has 0 radical (unpaired) electrons. The van der Waals surface area contributed by atoms with Crippen molar-refractivity contribution in [3.63, 3.8) is 0 Å². The molecule has 0 fully saturated rings. The van der Waals surface area contributed by atoms with Crippen LogP contribution in [0.1, 0.15) is 59.3 Å². The maximum absolute atomic E-state index is 5.46. The number of likely N-dealkylation sites (N-methyl/N-ethyl adjacent to an activating group) is 1. The van der Waals surface area contributed by atoms with Crippen molar-refractivity contribution in [1.29, 1.82) is 0 Å². The van der Waals surface area contributed by atoms with Crippen LogP contribution in [0, 0.1) is 0 Å². The molecule has 0 aliphatic heterocycles. The maximum atomic E-state index is 5.46. The van der Waals surface area contributed by atoms with Crippen LogP contribution in [0.2, 0.25) is 0 Å². The molecule has 0 bridgehead atoms. The quantitative estimate of drug-likeness (QED) is 0.534. The summed E-state index contributed by atoms with van der Waals surface area (Å²) in [5.41, 5.74) is 0. The van der Waals surface area contributed by atoms with E-state index >= 15 is 0 Å². The van der Waals surface area contributed by atoms with Gasteiger partial charge in [-0.15, -0.1) is 0 Å². The van der Waals surface area contributed by atoms with Gasteiger partial charge in [0.05, 0.1) is 6.61 Å². The summed E-state index contributed by atoms with van der Waals surface area (Å²) < 4.78 is 5.46. The molecule has 0 saturated heterocycles. The van der Waals surface area contributed by atoms with E-state index in [-0.39, 0.29) is 0 Å². The highest BCUT2D eigenvalue weighted by Crippen LogP contribution is 2.07. The fourth-order valence-corrected chi connectivity index (χ4v) is 1.79. The van der Waals surface area contributed by atoms with Gasteiger partial charge in [-0.1, -0.05) is 46.0 Å². The fourth-order valence-electron chi connectivity index (χ4n) is 1.79. The van der Waals surface area contributed by atoms with E-state index in [0.717, 1.165) is 19.8 Å². The van der Waals surface area contributed by atoms with Crippen LogP contribution in [0.5, 0.6) is 0 Å². The third kappa shape index (κ3) is 10.2. The first-order chi connectivity index (χ1) is 7.35. The zero-order chi connectivity index (χ0) is 11.4. The monoisotopic (exact) mass is 215 g/mol. The first-order valence-electron chi connectivity index (χ1n) is 6.66. The second-order valence-corrected chi connectivity index (χ2v) is 4.12. The van der Waals surface area contributed by atoms with Crippen molar-refractivity contribution in [2.75, 3.05) is 19.8 Å². The van der Waals surface area contributed by atoms with Gasteiger partial charge in [-0.05, 0) is 19.9 Å². The molecular formula is C13H29NO. The second-order valence-electron chi connectivity index (χ2n) is 4.12. The molecule has 0 aromatic carbocycles. The van der Waals surface area contributed by atoms with Crippen LogP contribution in [0.3, 0.4) is 0 Å². The summed E-state index contributed by atoms with van der Waals surface area (Å²) in [4.78, 5) is 0. The summed E-state index contributed by atoms with van der Waals surface area (Å²) in [6.07, 6.45) is 8.08. The molecule has 0 spiro atoms. The summed E-state index contributed by atoms with van der Waals surface area (Å²) in [5.74, 6) is 0. The molecule has 0 aromatic rings. The van der Waals surface area contributed by atoms with Crippen LogP contribution in [0.15, 0.2) is 0 Å². The molecule has 1 unspecified atom stereocenters. The predicted octanol–water partition coefficient (Wildman–Crippen LogP) is 3.36. The van der Waals surface area contributed by atoms with Gasteiger partial charge in [-0.25, -0.2) is 0 Å². The SMILES string of the molecule is CCCCCCCC(COCC)NCC. The van der Waals surface area contributed by atoms with Gasteiger partial charge in [0, 0.05) is 12.6 Å². The van der Waals surface area contributed by atoms with E-state index in [0.29, 0.717) is 6.04 Å². The average molecular weight is 215 g/mol.